The highest BCUT2D eigenvalue weighted by atomic mass is 16.2. The molecule has 1 N–H and O–H groups in total. The van der Waals surface area contributed by atoms with E-state index < -0.39 is 0 Å². The van der Waals surface area contributed by atoms with Crippen molar-refractivity contribution >= 4 is 17.6 Å². The van der Waals surface area contributed by atoms with E-state index in [1.54, 1.807) is 6.07 Å². The van der Waals surface area contributed by atoms with E-state index in [0.717, 1.165) is 5.56 Å². The van der Waals surface area contributed by atoms with Crippen LogP contribution in [0.1, 0.15) is 32.8 Å². The lowest BCUT2D eigenvalue weighted by atomic mass is 9.83. The van der Waals surface area contributed by atoms with Crippen molar-refractivity contribution in [1.29, 1.82) is 0 Å². The maximum absolute atomic E-state index is 12.2. The van der Waals surface area contributed by atoms with Crippen molar-refractivity contribution in [1.82, 2.24) is 5.32 Å². The predicted octanol–water partition coefficient (Wildman–Crippen LogP) is 2.86. The number of carbonyl (C=O) groups excluding carboxylic acids is 2. The van der Waals surface area contributed by atoms with Crippen LogP contribution < -0.4 is 10.2 Å². The third-order valence-electron chi connectivity index (χ3n) is 3.43. The number of nitrogens with zero attached hydrogens (tertiary/aromatic N) is 1. The first-order chi connectivity index (χ1) is 8.79. The summed E-state index contributed by atoms with van der Waals surface area (Å²) in [7, 11) is 0. The lowest BCUT2D eigenvalue weighted by Crippen LogP contribution is -2.58. The van der Waals surface area contributed by atoms with E-state index in [9.17, 15) is 9.59 Å². The minimum atomic E-state index is -0.332. The number of aryl methyl sites for hydroxylation is 1. The van der Waals surface area contributed by atoms with Crippen LogP contribution in [0.3, 0.4) is 0 Å². The zero-order chi connectivity index (χ0) is 14.2. The molecule has 19 heavy (non-hydrogen) atoms. The van der Waals surface area contributed by atoms with Crippen molar-refractivity contribution < 1.29 is 9.59 Å². The second-order valence-electron chi connectivity index (χ2n) is 6.14. The molecule has 1 atom stereocenters. The molecular formula is C15H20N2O2. The molecule has 3 amide bonds. The van der Waals surface area contributed by atoms with Gasteiger partial charge in [0.15, 0.2) is 0 Å². The maximum Gasteiger partial charge on any atom is 0.328 e. The standard InChI is InChI=1S/C15H20N2O2/c1-10-6-5-7-11(8-10)17-13(18)9-12(15(2,3)4)16-14(17)19/h5-8,12H,9H2,1-4H3,(H,16,19). The van der Waals surface area contributed by atoms with E-state index in [4.69, 9.17) is 0 Å². The Labute approximate surface area is 113 Å². The molecule has 1 fully saturated rings. The summed E-state index contributed by atoms with van der Waals surface area (Å²) in [6.45, 7) is 8.00. The van der Waals surface area contributed by atoms with E-state index in [1.807, 2.05) is 45.9 Å². The first-order valence-corrected chi connectivity index (χ1v) is 6.49. The molecule has 1 aliphatic heterocycles. The van der Waals surface area contributed by atoms with Gasteiger partial charge in [-0.1, -0.05) is 32.9 Å². The van der Waals surface area contributed by atoms with Crippen molar-refractivity contribution in [2.45, 2.75) is 40.2 Å². The normalized spacial score (nSPS) is 20.4. The Morgan fingerprint density at radius 1 is 1.26 bits per heavy atom. The van der Waals surface area contributed by atoms with Gasteiger partial charge in [-0.15, -0.1) is 0 Å². The Bertz CT molecular complexity index is 499. The first-order valence-electron chi connectivity index (χ1n) is 6.49. The van der Waals surface area contributed by atoms with Crippen LogP contribution in [0, 0.1) is 12.3 Å². The summed E-state index contributed by atoms with van der Waals surface area (Å²) in [5.74, 6) is -0.144. The smallest absolute Gasteiger partial charge is 0.328 e. The van der Waals surface area contributed by atoms with Gasteiger partial charge < -0.3 is 5.32 Å². The largest absolute Gasteiger partial charge is 0.334 e. The van der Waals surface area contributed by atoms with Gasteiger partial charge in [-0.2, -0.15) is 0 Å². The van der Waals surface area contributed by atoms with E-state index in [2.05, 4.69) is 5.32 Å². The van der Waals surface area contributed by atoms with Crippen LogP contribution in [0.2, 0.25) is 0 Å². The molecule has 0 saturated carbocycles. The van der Waals surface area contributed by atoms with Gasteiger partial charge >= 0.3 is 6.03 Å². The average Bonchev–Trinajstić information content (AvgIpc) is 2.26. The average molecular weight is 260 g/mol. The molecule has 1 aromatic carbocycles. The molecule has 1 aliphatic rings. The van der Waals surface area contributed by atoms with E-state index in [-0.39, 0.29) is 23.4 Å². The zero-order valence-electron chi connectivity index (χ0n) is 11.9. The lowest BCUT2D eigenvalue weighted by Gasteiger charge is -2.38. The fraction of sp³-hybridized carbons (Fsp3) is 0.467. The lowest BCUT2D eigenvalue weighted by molar-refractivity contribution is -0.119. The SMILES string of the molecule is Cc1cccc(N2C(=O)CC(C(C)(C)C)NC2=O)c1. The van der Waals surface area contributed by atoms with E-state index in [1.165, 1.54) is 4.90 Å². The molecule has 0 radical (unpaired) electrons. The summed E-state index contributed by atoms with van der Waals surface area (Å²) in [6, 6.07) is 6.96. The van der Waals surface area contributed by atoms with Crippen LogP contribution >= 0.6 is 0 Å². The van der Waals surface area contributed by atoms with E-state index in [0.29, 0.717) is 12.1 Å². The number of anilines is 1. The van der Waals surface area contributed by atoms with Gasteiger partial charge in [-0.3, -0.25) is 4.79 Å². The Morgan fingerprint density at radius 3 is 2.47 bits per heavy atom. The number of rotatable bonds is 1. The highest BCUT2D eigenvalue weighted by Crippen LogP contribution is 2.28. The summed E-state index contributed by atoms with van der Waals surface area (Å²) in [6.07, 6.45) is 0.336. The second-order valence-corrected chi connectivity index (χ2v) is 6.14. The van der Waals surface area contributed by atoms with Gasteiger partial charge in [0.25, 0.3) is 0 Å². The number of amides is 3. The number of carbonyl (C=O) groups is 2. The summed E-state index contributed by atoms with van der Waals surface area (Å²) in [4.78, 5) is 25.6. The summed E-state index contributed by atoms with van der Waals surface area (Å²) in [5.41, 5.74) is 1.54. The summed E-state index contributed by atoms with van der Waals surface area (Å²) >= 11 is 0. The van der Waals surface area contributed by atoms with Gasteiger partial charge in [0.1, 0.15) is 0 Å². The second kappa shape index (κ2) is 4.68. The molecule has 1 saturated heterocycles. The number of benzene rings is 1. The van der Waals surface area contributed by atoms with Crippen LogP contribution in [0.5, 0.6) is 0 Å². The molecular weight excluding hydrogens is 240 g/mol. The molecule has 2 rings (SSSR count). The number of urea groups is 1. The fourth-order valence-corrected chi connectivity index (χ4v) is 2.19. The fourth-order valence-electron chi connectivity index (χ4n) is 2.19. The molecule has 1 unspecified atom stereocenters. The van der Waals surface area contributed by atoms with Crippen LogP contribution in [0.25, 0.3) is 0 Å². The first kappa shape index (κ1) is 13.6. The number of imide groups is 1. The van der Waals surface area contributed by atoms with Crippen LogP contribution in [0.15, 0.2) is 24.3 Å². The van der Waals surface area contributed by atoms with E-state index >= 15 is 0 Å². The number of hydrogen-bond donors (Lipinski definition) is 1. The van der Waals surface area contributed by atoms with Gasteiger partial charge in [0.2, 0.25) is 5.91 Å². The Balaban J connectivity index is 2.26. The molecule has 1 aromatic rings. The summed E-state index contributed by atoms with van der Waals surface area (Å²) in [5, 5.41) is 2.92. The molecule has 0 bridgehead atoms. The van der Waals surface area contributed by atoms with Gasteiger partial charge in [-0.25, -0.2) is 9.69 Å². The molecule has 0 spiro atoms. The number of hydrogen-bond acceptors (Lipinski definition) is 2. The molecule has 4 heteroatoms. The molecule has 102 valence electrons. The minimum Gasteiger partial charge on any atom is -0.334 e. The maximum atomic E-state index is 12.2. The van der Waals surface area contributed by atoms with Crippen LogP contribution in [-0.4, -0.2) is 18.0 Å². The van der Waals surface area contributed by atoms with Crippen molar-refractivity contribution in [2.75, 3.05) is 4.90 Å². The van der Waals surface area contributed by atoms with Gasteiger partial charge in [0, 0.05) is 12.5 Å². The zero-order valence-corrected chi connectivity index (χ0v) is 11.9. The van der Waals surface area contributed by atoms with Crippen molar-refractivity contribution in [2.24, 2.45) is 5.41 Å². The van der Waals surface area contributed by atoms with Crippen molar-refractivity contribution in [3.8, 4) is 0 Å². The third-order valence-corrected chi connectivity index (χ3v) is 3.43. The quantitative estimate of drug-likeness (QED) is 0.844. The molecule has 1 heterocycles. The minimum absolute atomic E-state index is 0.117. The predicted molar refractivity (Wildman–Crippen MR) is 75.1 cm³/mol. The molecule has 0 aromatic heterocycles. The Hall–Kier alpha value is -1.84. The van der Waals surface area contributed by atoms with Crippen LogP contribution in [0.4, 0.5) is 10.5 Å². The third kappa shape index (κ3) is 2.78. The monoisotopic (exact) mass is 260 g/mol. The van der Waals surface area contributed by atoms with Gasteiger partial charge in [-0.05, 0) is 30.0 Å². The summed E-state index contributed by atoms with van der Waals surface area (Å²) < 4.78 is 0. The molecule has 0 aliphatic carbocycles. The Morgan fingerprint density at radius 2 is 1.95 bits per heavy atom. The highest BCUT2D eigenvalue weighted by molar-refractivity contribution is 6.16. The number of nitrogens with one attached hydrogen (secondary N) is 1. The van der Waals surface area contributed by atoms with Crippen molar-refractivity contribution in [3.63, 3.8) is 0 Å². The van der Waals surface area contributed by atoms with Gasteiger partial charge in [0.05, 0.1) is 5.69 Å². The topological polar surface area (TPSA) is 49.4 Å². The van der Waals surface area contributed by atoms with Crippen molar-refractivity contribution in [3.05, 3.63) is 29.8 Å². The Kier molecular flexibility index (Phi) is 3.35. The van der Waals surface area contributed by atoms with Crippen LogP contribution in [-0.2, 0) is 4.79 Å². The molecule has 4 nitrogen and oxygen atoms in total. The highest BCUT2D eigenvalue weighted by Gasteiger charge is 2.38.